The van der Waals surface area contributed by atoms with Crippen molar-refractivity contribution in [3.63, 3.8) is 0 Å². The molecule has 0 bridgehead atoms. The fraction of sp³-hybridized carbons (Fsp3) is 0.391. The maximum absolute atomic E-state index is 13.4. The van der Waals surface area contributed by atoms with Crippen molar-refractivity contribution in [3.05, 3.63) is 58.6 Å². The Morgan fingerprint density at radius 3 is 2.28 bits per heavy atom. The highest BCUT2D eigenvalue weighted by Crippen LogP contribution is 2.36. The van der Waals surface area contributed by atoms with E-state index in [0.717, 1.165) is 41.6 Å². The molecule has 32 heavy (non-hydrogen) atoms. The molecule has 5 rings (SSSR count). The van der Waals surface area contributed by atoms with Crippen LogP contribution in [0.3, 0.4) is 0 Å². The first-order valence-electron chi connectivity index (χ1n) is 10.7. The summed E-state index contributed by atoms with van der Waals surface area (Å²) < 4.78 is 40.3. The lowest BCUT2D eigenvalue weighted by molar-refractivity contribution is -0.138. The normalized spacial score (nSPS) is 17.7. The molecule has 0 unspecified atom stereocenters. The van der Waals surface area contributed by atoms with Gasteiger partial charge in [-0.05, 0) is 42.7 Å². The second-order valence-electron chi connectivity index (χ2n) is 8.33. The zero-order chi connectivity index (χ0) is 22.3. The molecule has 2 aliphatic rings. The lowest BCUT2D eigenvalue weighted by Gasteiger charge is -2.36. The summed E-state index contributed by atoms with van der Waals surface area (Å²) >= 11 is 6.15. The number of hydrogen-bond donors (Lipinski definition) is 1. The van der Waals surface area contributed by atoms with Gasteiger partial charge in [0.05, 0.1) is 16.6 Å². The molecule has 1 N–H and O–H groups in total. The van der Waals surface area contributed by atoms with Crippen molar-refractivity contribution in [2.45, 2.75) is 31.6 Å². The average molecular weight is 462 g/mol. The van der Waals surface area contributed by atoms with Crippen LogP contribution >= 0.6 is 11.6 Å². The molecular formula is C23H23ClF3N5. The Kier molecular flexibility index (Phi) is 5.59. The number of benzene rings is 2. The number of alkyl halides is 3. The Bertz CT molecular complexity index is 1120. The van der Waals surface area contributed by atoms with E-state index >= 15 is 0 Å². The van der Waals surface area contributed by atoms with E-state index in [1.54, 1.807) is 0 Å². The first-order chi connectivity index (χ1) is 15.4. The Hall–Kier alpha value is -2.58. The van der Waals surface area contributed by atoms with Gasteiger partial charge in [-0.25, -0.2) is 9.97 Å². The summed E-state index contributed by atoms with van der Waals surface area (Å²) in [5, 5.41) is 3.64. The molecule has 1 aliphatic heterocycles. The van der Waals surface area contributed by atoms with Crippen molar-refractivity contribution >= 4 is 34.3 Å². The van der Waals surface area contributed by atoms with Crippen LogP contribution in [0.25, 0.3) is 11.0 Å². The number of para-hydroxylation sites is 2. The van der Waals surface area contributed by atoms with Crippen LogP contribution in [0.5, 0.6) is 0 Å². The summed E-state index contributed by atoms with van der Waals surface area (Å²) in [4.78, 5) is 13.8. The van der Waals surface area contributed by atoms with Crippen molar-refractivity contribution in [2.75, 3.05) is 36.4 Å². The summed E-state index contributed by atoms with van der Waals surface area (Å²) in [5.74, 6) is 1.59. The molecule has 1 saturated heterocycles. The molecule has 2 heterocycles. The molecule has 1 saturated carbocycles. The second kappa shape index (κ2) is 8.41. The van der Waals surface area contributed by atoms with Gasteiger partial charge in [-0.3, -0.25) is 4.90 Å². The van der Waals surface area contributed by atoms with E-state index in [9.17, 15) is 13.2 Å². The van der Waals surface area contributed by atoms with E-state index in [1.807, 2.05) is 29.2 Å². The fourth-order valence-corrected chi connectivity index (χ4v) is 4.29. The maximum Gasteiger partial charge on any atom is 0.416 e. The average Bonchev–Trinajstić information content (AvgIpc) is 3.58. The number of fused-ring (bicyclic) bond motifs is 1. The number of nitrogens with zero attached hydrogens (tertiary/aromatic N) is 4. The predicted octanol–water partition coefficient (Wildman–Crippen LogP) is 5.20. The molecule has 5 nitrogen and oxygen atoms in total. The highest BCUT2D eigenvalue weighted by molar-refractivity contribution is 6.31. The highest BCUT2D eigenvalue weighted by atomic mass is 35.5. The largest absolute Gasteiger partial charge is 0.416 e. The Morgan fingerprint density at radius 1 is 0.938 bits per heavy atom. The van der Waals surface area contributed by atoms with E-state index in [0.29, 0.717) is 32.2 Å². The van der Waals surface area contributed by atoms with Gasteiger partial charge in [-0.1, -0.05) is 29.8 Å². The van der Waals surface area contributed by atoms with Gasteiger partial charge in [0, 0.05) is 43.8 Å². The molecule has 168 valence electrons. The van der Waals surface area contributed by atoms with E-state index < -0.39 is 11.7 Å². The summed E-state index contributed by atoms with van der Waals surface area (Å²) in [6.45, 7) is 2.69. The monoisotopic (exact) mass is 461 g/mol. The van der Waals surface area contributed by atoms with Crippen LogP contribution in [0, 0.1) is 0 Å². The maximum atomic E-state index is 13.4. The molecule has 9 heteroatoms. The summed E-state index contributed by atoms with van der Waals surface area (Å²) in [5.41, 5.74) is 1.15. The van der Waals surface area contributed by atoms with Gasteiger partial charge in [0.25, 0.3) is 0 Å². The third-order valence-electron chi connectivity index (χ3n) is 5.95. The van der Waals surface area contributed by atoms with Crippen molar-refractivity contribution < 1.29 is 13.2 Å². The van der Waals surface area contributed by atoms with Crippen LogP contribution in [0.1, 0.15) is 24.0 Å². The molecule has 1 aromatic heterocycles. The van der Waals surface area contributed by atoms with Gasteiger partial charge < -0.3 is 10.2 Å². The summed E-state index contributed by atoms with van der Waals surface area (Å²) in [6.07, 6.45) is -2.17. The Balaban J connectivity index is 1.34. The smallest absolute Gasteiger partial charge is 0.364 e. The van der Waals surface area contributed by atoms with Crippen molar-refractivity contribution in [1.82, 2.24) is 14.9 Å². The number of anilines is 2. The lowest BCUT2D eigenvalue weighted by Crippen LogP contribution is -2.46. The van der Waals surface area contributed by atoms with Crippen LogP contribution in [0.2, 0.25) is 5.02 Å². The van der Waals surface area contributed by atoms with Crippen LogP contribution in [0.4, 0.5) is 24.8 Å². The molecular weight excluding hydrogens is 439 g/mol. The topological polar surface area (TPSA) is 44.3 Å². The minimum atomic E-state index is -4.42. The SMILES string of the molecule is FC(F)(F)c1cccc(Cl)c1CN1CCN(c2nc3ccccc3nc2NC2CC2)CC1. The van der Waals surface area contributed by atoms with Crippen LogP contribution < -0.4 is 10.2 Å². The number of nitrogens with one attached hydrogen (secondary N) is 1. The van der Waals surface area contributed by atoms with Gasteiger partial charge in [0.15, 0.2) is 11.6 Å². The van der Waals surface area contributed by atoms with Gasteiger partial charge in [-0.2, -0.15) is 13.2 Å². The molecule has 2 fully saturated rings. The lowest BCUT2D eigenvalue weighted by atomic mass is 10.1. The molecule has 1 aliphatic carbocycles. The molecule has 0 atom stereocenters. The van der Waals surface area contributed by atoms with Crippen molar-refractivity contribution in [2.24, 2.45) is 0 Å². The third kappa shape index (κ3) is 4.47. The minimum Gasteiger partial charge on any atom is -0.364 e. The second-order valence-corrected chi connectivity index (χ2v) is 8.74. The first-order valence-corrected chi connectivity index (χ1v) is 11.1. The zero-order valence-corrected chi connectivity index (χ0v) is 18.1. The third-order valence-corrected chi connectivity index (χ3v) is 6.30. The Morgan fingerprint density at radius 2 is 1.62 bits per heavy atom. The zero-order valence-electron chi connectivity index (χ0n) is 17.4. The molecule has 0 amide bonds. The number of aromatic nitrogens is 2. The van der Waals surface area contributed by atoms with E-state index in [2.05, 4.69) is 10.2 Å². The van der Waals surface area contributed by atoms with Gasteiger partial charge in [0.1, 0.15) is 0 Å². The van der Waals surface area contributed by atoms with Crippen LogP contribution in [-0.4, -0.2) is 47.1 Å². The first kappa shape index (κ1) is 21.3. The number of hydrogen-bond acceptors (Lipinski definition) is 5. The molecule has 0 spiro atoms. The van der Waals surface area contributed by atoms with Gasteiger partial charge in [0.2, 0.25) is 0 Å². The van der Waals surface area contributed by atoms with E-state index in [-0.39, 0.29) is 17.1 Å². The van der Waals surface area contributed by atoms with Crippen molar-refractivity contribution in [1.29, 1.82) is 0 Å². The Labute approximate surface area is 189 Å². The predicted molar refractivity (Wildman–Crippen MR) is 120 cm³/mol. The van der Waals surface area contributed by atoms with Crippen LogP contribution in [-0.2, 0) is 12.7 Å². The van der Waals surface area contributed by atoms with E-state index in [1.165, 1.54) is 12.1 Å². The van der Waals surface area contributed by atoms with Crippen LogP contribution in [0.15, 0.2) is 42.5 Å². The highest BCUT2D eigenvalue weighted by Gasteiger charge is 2.35. The number of rotatable bonds is 5. The summed E-state index contributed by atoms with van der Waals surface area (Å²) in [6, 6.07) is 12.2. The fourth-order valence-electron chi connectivity index (χ4n) is 4.06. The van der Waals surface area contributed by atoms with E-state index in [4.69, 9.17) is 21.6 Å². The summed E-state index contributed by atoms with van der Waals surface area (Å²) in [7, 11) is 0. The van der Waals surface area contributed by atoms with Gasteiger partial charge in [-0.15, -0.1) is 0 Å². The molecule has 2 aromatic carbocycles. The molecule has 0 radical (unpaired) electrons. The quantitative estimate of drug-likeness (QED) is 0.566. The minimum absolute atomic E-state index is 0.136. The molecule has 3 aromatic rings. The number of piperazine rings is 1. The van der Waals surface area contributed by atoms with Crippen molar-refractivity contribution in [3.8, 4) is 0 Å². The van der Waals surface area contributed by atoms with Gasteiger partial charge >= 0.3 is 6.18 Å². The number of halogens is 4. The standard InChI is InChI=1S/C23H23ClF3N5/c24-18-5-3-4-17(23(25,26)27)16(18)14-31-10-12-32(13-11-31)22-21(28-15-8-9-15)29-19-6-1-2-7-20(19)30-22/h1-7,15H,8-14H2,(H,28,29).